The van der Waals surface area contributed by atoms with E-state index in [0.717, 1.165) is 18.4 Å². The molecule has 1 aliphatic rings. The van der Waals surface area contributed by atoms with Crippen LogP contribution in [0.2, 0.25) is 0 Å². The van der Waals surface area contributed by atoms with Crippen LogP contribution in [0, 0.1) is 17.2 Å². The number of fused-ring (bicyclic) bond motifs is 1. The topological polar surface area (TPSA) is 94.5 Å². The predicted molar refractivity (Wildman–Crippen MR) is 98.3 cm³/mol. The van der Waals surface area contributed by atoms with Gasteiger partial charge in [0.1, 0.15) is 6.54 Å². The molecule has 0 aliphatic carbocycles. The third-order valence-corrected chi connectivity index (χ3v) is 4.09. The van der Waals surface area contributed by atoms with Crippen molar-refractivity contribution in [2.45, 2.75) is 26.7 Å². The summed E-state index contributed by atoms with van der Waals surface area (Å²) in [5, 5.41) is 14.4. The lowest BCUT2D eigenvalue weighted by molar-refractivity contribution is -0.121. The Hall–Kier alpha value is -2.66. The highest BCUT2D eigenvalue weighted by molar-refractivity contribution is 7.80. The van der Waals surface area contributed by atoms with Gasteiger partial charge in [-0.3, -0.25) is 15.0 Å². The molecule has 132 valence electrons. The van der Waals surface area contributed by atoms with Crippen molar-refractivity contribution >= 4 is 40.7 Å². The maximum absolute atomic E-state index is 12.5. The van der Waals surface area contributed by atoms with Gasteiger partial charge in [0.25, 0.3) is 0 Å². The lowest BCUT2D eigenvalue weighted by Gasteiger charge is -2.22. The molecule has 7 nitrogen and oxygen atoms in total. The Morgan fingerprint density at radius 1 is 1.52 bits per heavy atom. The molecular weight excluding hydrogens is 340 g/mol. The van der Waals surface area contributed by atoms with E-state index >= 15 is 0 Å². The Bertz CT molecular complexity index is 729. The number of alkyl carbamates (subject to hydrolysis) is 1. The van der Waals surface area contributed by atoms with Crippen molar-refractivity contribution in [1.82, 2.24) is 5.32 Å². The van der Waals surface area contributed by atoms with Gasteiger partial charge in [0, 0.05) is 11.6 Å². The minimum Gasteiger partial charge on any atom is -0.450 e. The summed E-state index contributed by atoms with van der Waals surface area (Å²) in [4.78, 5) is 25.4. The zero-order chi connectivity index (χ0) is 18.4. The second kappa shape index (κ2) is 8.44. The summed E-state index contributed by atoms with van der Waals surface area (Å²) < 4.78 is 4.77. The quantitative estimate of drug-likeness (QED) is 0.635. The molecule has 1 aliphatic heterocycles. The van der Waals surface area contributed by atoms with Crippen LogP contribution in [0.1, 0.15) is 25.8 Å². The van der Waals surface area contributed by atoms with Gasteiger partial charge in [0.05, 0.1) is 18.4 Å². The SMILES string of the molecule is CCOC(=O)NC(=S)Nc1ccc2c(c1)N(CC#N)C(=O)C(C)CC2. The largest absolute Gasteiger partial charge is 0.450 e. The number of amides is 2. The Morgan fingerprint density at radius 2 is 2.28 bits per heavy atom. The molecule has 2 amide bonds. The lowest BCUT2D eigenvalue weighted by Crippen LogP contribution is -2.35. The molecule has 1 unspecified atom stereocenters. The number of rotatable bonds is 3. The van der Waals surface area contributed by atoms with Crippen LogP contribution in [0.5, 0.6) is 0 Å². The van der Waals surface area contributed by atoms with E-state index in [0.29, 0.717) is 11.4 Å². The molecule has 0 saturated carbocycles. The third-order valence-electron chi connectivity index (χ3n) is 3.89. The number of carbonyl (C=O) groups excluding carboxylic acids is 2. The van der Waals surface area contributed by atoms with Crippen LogP contribution >= 0.6 is 12.2 Å². The number of hydrogen-bond acceptors (Lipinski definition) is 5. The fourth-order valence-electron chi connectivity index (χ4n) is 2.64. The number of carbonyl (C=O) groups is 2. The average molecular weight is 360 g/mol. The van der Waals surface area contributed by atoms with E-state index in [-0.39, 0.29) is 30.1 Å². The molecule has 25 heavy (non-hydrogen) atoms. The van der Waals surface area contributed by atoms with Crippen molar-refractivity contribution in [3.8, 4) is 6.07 Å². The monoisotopic (exact) mass is 360 g/mol. The van der Waals surface area contributed by atoms with Crippen LogP contribution in [0.3, 0.4) is 0 Å². The van der Waals surface area contributed by atoms with E-state index in [1.807, 2.05) is 25.1 Å². The lowest BCUT2D eigenvalue weighted by atomic mass is 10.0. The molecule has 0 saturated heterocycles. The molecule has 8 heteroatoms. The Balaban J connectivity index is 2.22. The van der Waals surface area contributed by atoms with Gasteiger partial charge in [-0.1, -0.05) is 13.0 Å². The highest BCUT2D eigenvalue weighted by atomic mass is 32.1. The number of aryl methyl sites for hydroxylation is 1. The van der Waals surface area contributed by atoms with Crippen LogP contribution in [0.15, 0.2) is 18.2 Å². The molecule has 1 aromatic rings. The van der Waals surface area contributed by atoms with Gasteiger partial charge < -0.3 is 10.1 Å². The summed E-state index contributed by atoms with van der Waals surface area (Å²) in [5.41, 5.74) is 2.31. The van der Waals surface area contributed by atoms with Gasteiger partial charge >= 0.3 is 6.09 Å². The summed E-state index contributed by atoms with van der Waals surface area (Å²) in [6.07, 6.45) is 0.865. The average Bonchev–Trinajstić information content (AvgIpc) is 2.67. The van der Waals surface area contributed by atoms with Gasteiger partial charge in [-0.2, -0.15) is 5.26 Å². The van der Waals surface area contributed by atoms with Crippen LogP contribution < -0.4 is 15.5 Å². The summed E-state index contributed by atoms with van der Waals surface area (Å²) >= 11 is 5.07. The van der Waals surface area contributed by atoms with E-state index in [1.54, 1.807) is 13.0 Å². The molecule has 1 atom stereocenters. The molecule has 0 bridgehead atoms. The molecule has 0 spiro atoms. The number of nitrogens with zero attached hydrogens (tertiary/aromatic N) is 2. The zero-order valence-corrected chi connectivity index (χ0v) is 15.0. The van der Waals surface area contributed by atoms with Crippen LogP contribution in [-0.2, 0) is 16.0 Å². The van der Waals surface area contributed by atoms with Crippen LogP contribution in [0.25, 0.3) is 0 Å². The second-order valence-electron chi connectivity index (χ2n) is 5.67. The Kier molecular flexibility index (Phi) is 6.31. The standard InChI is InChI=1S/C17H20N4O3S/c1-3-24-17(23)20-16(25)19-13-7-6-12-5-4-11(2)15(22)21(9-8-18)14(12)10-13/h6-7,10-11H,3-5,9H2,1-2H3,(H2,19,20,23,25). The normalized spacial score (nSPS) is 16.3. The molecule has 0 fully saturated rings. The number of nitrogens with one attached hydrogen (secondary N) is 2. The fraction of sp³-hybridized carbons (Fsp3) is 0.412. The summed E-state index contributed by atoms with van der Waals surface area (Å²) in [7, 11) is 0. The van der Waals surface area contributed by atoms with Gasteiger partial charge in [0.15, 0.2) is 5.11 Å². The number of hydrogen-bond donors (Lipinski definition) is 2. The van der Waals surface area contributed by atoms with E-state index in [9.17, 15) is 9.59 Å². The van der Waals surface area contributed by atoms with E-state index in [2.05, 4.69) is 10.6 Å². The molecule has 0 radical (unpaired) electrons. The smallest absolute Gasteiger partial charge is 0.413 e. The molecule has 2 N–H and O–H groups in total. The number of benzene rings is 1. The Labute approximate surface area is 151 Å². The Morgan fingerprint density at radius 3 is 2.96 bits per heavy atom. The van der Waals surface area contributed by atoms with Crippen molar-refractivity contribution in [2.75, 3.05) is 23.4 Å². The summed E-state index contributed by atoms with van der Waals surface area (Å²) in [5.74, 6) is -0.201. The van der Waals surface area contributed by atoms with Crippen molar-refractivity contribution in [3.05, 3.63) is 23.8 Å². The molecule has 2 rings (SSSR count). The van der Waals surface area contributed by atoms with Crippen LogP contribution in [-0.4, -0.2) is 30.3 Å². The van der Waals surface area contributed by atoms with Gasteiger partial charge in [-0.25, -0.2) is 4.79 Å². The maximum atomic E-state index is 12.5. The minimum absolute atomic E-state index is 0.00878. The third kappa shape index (κ3) is 4.67. The minimum atomic E-state index is -0.634. The first-order valence-electron chi connectivity index (χ1n) is 8.02. The van der Waals surface area contributed by atoms with Gasteiger partial charge in [-0.05, 0) is 49.7 Å². The van der Waals surface area contributed by atoms with Crippen molar-refractivity contribution in [1.29, 1.82) is 5.26 Å². The van der Waals surface area contributed by atoms with E-state index in [1.165, 1.54) is 4.90 Å². The van der Waals surface area contributed by atoms with Crippen molar-refractivity contribution in [3.63, 3.8) is 0 Å². The van der Waals surface area contributed by atoms with E-state index in [4.69, 9.17) is 22.2 Å². The molecule has 1 aromatic carbocycles. The molecular formula is C17H20N4O3S. The van der Waals surface area contributed by atoms with E-state index < -0.39 is 6.09 Å². The molecule has 0 aromatic heterocycles. The van der Waals surface area contributed by atoms with Gasteiger partial charge in [0.2, 0.25) is 5.91 Å². The summed E-state index contributed by atoms with van der Waals surface area (Å²) in [6, 6.07) is 7.53. The molecule has 1 heterocycles. The number of nitriles is 1. The first kappa shape index (κ1) is 18.7. The highest BCUT2D eigenvalue weighted by Gasteiger charge is 2.27. The van der Waals surface area contributed by atoms with Crippen molar-refractivity contribution in [2.24, 2.45) is 5.92 Å². The van der Waals surface area contributed by atoms with Gasteiger partial charge in [-0.15, -0.1) is 0 Å². The van der Waals surface area contributed by atoms with Crippen molar-refractivity contribution < 1.29 is 14.3 Å². The predicted octanol–water partition coefficient (Wildman–Crippen LogP) is 2.57. The first-order valence-corrected chi connectivity index (χ1v) is 8.43. The second-order valence-corrected chi connectivity index (χ2v) is 6.07. The van der Waals surface area contributed by atoms with Crippen LogP contribution in [0.4, 0.5) is 16.2 Å². The summed E-state index contributed by atoms with van der Waals surface area (Å²) in [6.45, 7) is 3.81. The number of ether oxygens (including phenoxy) is 1. The first-order chi connectivity index (χ1) is 12.0. The zero-order valence-electron chi connectivity index (χ0n) is 14.2. The maximum Gasteiger partial charge on any atom is 0.413 e. The fourth-order valence-corrected chi connectivity index (χ4v) is 2.84. The highest BCUT2D eigenvalue weighted by Crippen LogP contribution is 2.31. The number of anilines is 2. The number of thiocarbonyl (C=S) groups is 1.